The van der Waals surface area contributed by atoms with Crippen LogP contribution in [0.4, 0.5) is 10.5 Å². The molecule has 7 heteroatoms. The third-order valence-electron chi connectivity index (χ3n) is 3.61. The van der Waals surface area contributed by atoms with Crippen molar-refractivity contribution in [1.29, 1.82) is 0 Å². The van der Waals surface area contributed by atoms with Crippen LogP contribution in [0.25, 0.3) is 32.2 Å². The lowest BCUT2D eigenvalue weighted by Gasteiger charge is -2.09. The van der Waals surface area contributed by atoms with Crippen LogP contribution in [0.1, 0.15) is 0 Å². The maximum atomic E-state index is 11.4. The summed E-state index contributed by atoms with van der Waals surface area (Å²) in [6, 6.07) is 13.5. The van der Waals surface area contributed by atoms with Crippen LogP contribution in [0.2, 0.25) is 0 Å². The van der Waals surface area contributed by atoms with E-state index in [-0.39, 0.29) is 0 Å². The van der Waals surface area contributed by atoms with Crippen LogP contribution in [0.3, 0.4) is 0 Å². The predicted octanol–water partition coefficient (Wildman–Crippen LogP) is 5.27. The van der Waals surface area contributed by atoms with Gasteiger partial charge in [-0.05, 0) is 41.1 Å². The molecule has 0 unspecified atom stereocenters. The monoisotopic (exact) mass is 367 g/mol. The Morgan fingerprint density at radius 1 is 0.960 bits per heavy atom. The van der Waals surface area contributed by atoms with Crippen molar-refractivity contribution in [3.63, 3.8) is 0 Å². The highest BCUT2D eigenvalue weighted by molar-refractivity contribution is 7.14. The summed E-state index contributed by atoms with van der Waals surface area (Å²) >= 11 is 3.27. The Kier molecular flexibility index (Phi) is 4.17. The fourth-order valence-electron chi connectivity index (χ4n) is 2.47. The standard InChI is InChI=1S/C18H13N3O2S2/c1-23-18(22)19-11-6-7-12-13(10-11)21-17(15-5-3-9-25-15)16(20-12)14-4-2-8-24-14/h2-10H,1H3,(H,19,22). The fraction of sp³-hybridized carbons (Fsp3) is 0.0556. The molecule has 0 atom stereocenters. The second-order valence-electron chi connectivity index (χ2n) is 5.20. The van der Waals surface area contributed by atoms with E-state index in [9.17, 15) is 4.79 Å². The summed E-state index contributed by atoms with van der Waals surface area (Å²) in [5.41, 5.74) is 3.84. The lowest BCUT2D eigenvalue weighted by Crippen LogP contribution is -2.10. The number of fused-ring (bicyclic) bond motifs is 1. The van der Waals surface area contributed by atoms with Gasteiger partial charge in [-0.3, -0.25) is 5.32 Å². The van der Waals surface area contributed by atoms with Gasteiger partial charge in [-0.1, -0.05) is 12.1 Å². The molecule has 1 N–H and O–H groups in total. The van der Waals surface area contributed by atoms with Crippen LogP contribution in [-0.2, 0) is 4.74 Å². The van der Waals surface area contributed by atoms with Crippen LogP contribution in [-0.4, -0.2) is 23.2 Å². The first-order valence-electron chi connectivity index (χ1n) is 7.49. The van der Waals surface area contributed by atoms with Gasteiger partial charge in [0.05, 0.1) is 27.9 Å². The third kappa shape index (κ3) is 3.11. The Morgan fingerprint density at radius 2 is 1.60 bits per heavy atom. The molecule has 3 aromatic heterocycles. The predicted molar refractivity (Wildman–Crippen MR) is 102 cm³/mol. The number of amides is 1. The minimum Gasteiger partial charge on any atom is -0.453 e. The lowest BCUT2D eigenvalue weighted by molar-refractivity contribution is 0.187. The second-order valence-corrected chi connectivity index (χ2v) is 7.09. The Morgan fingerprint density at radius 3 is 2.16 bits per heavy atom. The number of methoxy groups -OCH3 is 1. The highest BCUT2D eigenvalue weighted by atomic mass is 32.1. The molecule has 4 aromatic rings. The minimum atomic E-state index is -0.513. The summed E-state index contributed by atoms with van der Waals surface area (Å²) in [5.74, 6) is 0. The van der Waals surface area contributed by atoms with Crippen LogP contribution in [0, 0.1) is 0 Å². The maximum Gasteiger partial charge on any atom is 0.411 e. The van der Waals surface area contributed by atoms with Gasteiger partial charge in [0.25, 0.3) is 0 Å². The molecule has 0 aliphatic carbocycles. The maximum absolute atomic E-state index is 11.4. The number of hydrogen-bond acceptors (Lipinski definition) is 6. The van der Waals surface area contributed by atoms with Crippen molar-refractivity contribution in [3.05, 3.63) is 53.2 Å². The van der Waals surface area contributed by atoms with E-state index in [2.05, 4.69) is 10.1 Å². The van der Waals surface area contributed by atoms with Gasteiger partial charge >= 0.3 is 6.09 Å². The van der Waals surface area contributed by atoms with Gasteiger partial charge in [-0.2, -0.15) is 0 Å². The number of hydrogen-bond donors (Lipinski definition) is 1. The SMILES string of the molecule is COC(=O)Nc1ccc2nc(-c3cccs3)c(-c3cccs3)nc2c1. The Bertz CT molecular complexity index is 1030. The number of ether oxygens (including phenoxy) is 1. The average molecular weight is 367 g/mol. The normalized spacial score (nSPS) is 10.8. The second kappa shape index (κ2) is 6.62. The number of carbonyl (C=O) groups excluding carboxylic acids is 1. The summed E-state index contributed by atoms with van der Waals surface area (Å²) in [7, 11) is 1.33. The van der Waals surface area contributed by atoms with E-state index in [4.69, 9.17) is 9.97 Å². The molecule has 0 spiro atoms. The third-order valence-corrected chi connectivity index (χ3v) is 5.36. The minimum absolute atomic E-state index is 0.513. The molecule has 0 aliphatic rings. The summed E-state index contributed by atoms with van der Waals surface area (Å²) in [6.07, 6.45) is -0.513. The van der Waals surface area contributed by atoms with Gasteiger partial charge in [-0.25, -0.2) is 14.8 Å². The van der Waals surface area contributed by atoms with Gasteiger partial charge in [-0.15, -0.1) is 22.7 Å². The molecule has 25 heavy (non-hydrogen) atoms. The van der Waals surface area contributed by atoms with Crippen LogP contribution < -0.4 is 5.32 Å². The van der Waals surface area contributed by atoms with Crippen LogP contribution in [0.15, 0.2) is 53.2 Å². The van der Waals surface area contributed by atoms with Crippen molar-refractivity contribution >= 4 is 45.5 Å². The number of aromatic nitrogens is 2. The molecule has 0 aliphatic heterocycles. The lowest BCUT2D eigenvalue weighted by atomic mass is 10.2. The topological polar surface area (TPSA) is 64.1 Å². The fourth-order valence-corrected chi connectivity index (χ4v) is 3.90. The van der Waals surface area contributed by atoms with E-state index in [1.165, 1.54) is 7.11 Å². The number of thiophene rings is 2. The molecule has 0 saturated carbocycles. The molecule has 0 fully saturated rings. The average Bonchev–Trinajstić information content (AvgIpc) is 3.34. The number of carbonyl (C=O) groups is 1. The van der Waals surface area contributed by atoms with Crippen molar-refractivity contribution in [3.8, 4) is 21.1 Å². The van der Waals surface area contributed by atoms with E-state index >= 15 is 0 Å². The molecule has 0 radical (unpaired) electrons. The molecule has 5 nitrogen and oxygen atoms in total. The first kappa shape index (κ1) is 15.7. The van der Waals surface area contributed by atoms with Gasteiger partial charge in [0.2, 0.25) is 0 Å². The highest BCUT2D eigenvalue weighted by Gasteiger charge is 2.15. The zero-order valence-electron chi connectivity index (χ0n) is 13.2. The van der Waals surface area contributed by atoms with Crippen molar-refractivity contribution in [1.82, 2.24) is 9.97 Å². The molecule has 3 heterocycles. The van der Waals surface area contributed by atoms with E-state index in [1.54, 1.807) is 34.8 Å². The van der Waals surface area contributed by atoms with Crippen molar-refractivity contribution < 1.29 is 9.53 Å². The van der Waals surface area contributed by atoms with Gasteiger partial charge < -0.3 is 4.74 Å². The first-order valence-corrected chi connectivity index (χ1v) is 9.25. The number of rotatable bonds is 3. The summed E-state index contributed by atoms with van der Waals surface area (Å²) in [4.78, 5) is 23.2. The number of benzene rings is 1. The number of nitrogens with one attached hydrogen (secondary N) is 1. The van der Waals surface area contributed by atoms with Gasteiger partial charge in [0.15, 0.2) is 0 Å². The van der Waals surface area contributed by atoms with Crippen molar-refractivity contribution in [2.24, 2.45) is 0 Å². The summed E-state index contributed by atoms with van der Waals surface area (Å²) in [6.45, 7) is 0. The van der Waals surface area contributed by atoms with Crippen LogP contribution >= 0.6 is 22.7 Å². The molecule has 1 aromatic carbocycles. The Balaban J connectivity index is 1.89. The van der Waals surface area contributed by atoms with E-state index in [0.29, 0.717) is 5.69 Å². The van der Waals surface area contributed by atoms with Gasteiger partial charge in [0, 0.05) is 5.69 Å². The number of nitrogens with zero attached hydrogens (tertiary/aromatic N) is 2. The van der Waals surface area contributed by atoms with E-state index < -0.39 is 6.09 Å². The smallest absolute Gasteiger partial charge is 0.411 e. The molecular formula is C18H13N3O2S2. The molecular weight excluding hydrogens is 354 g/mol. The molecule has 4 rings (SSSR count). The molecule has 124 valence electrons. The zero-order chi connectivity index (χ0) is 17.2. The Hall–Kier alpha value is -2.77. The highest BCUT2D eigenvalue weighted by Crippen LogP contribution is 2.35. The summed E-state index contributed by atoms with van der Waals surface area (Å²) in [5, 5.41) is 6.71. The largest absolute Gasteiger partial charge is 0.453 e. The molecule has 0 bridgehead atoms. The van der Waals surface area contributed by atoms with Crippen LogP contribution in [0.5, 0.6) is 0 Å². The molecule has 1 amide bonds. The first-order chi connectivity index (χ1) is 12.2. The van der Waals surface area contributed by atoms with Crippen molar-refractivity contribution in [2.45, 2.75) is 0 Å². The van der Waals surface area contributed by atoms with E-state index in [1.807, 2.05) is 41.1 Å². The summed E-state index contributed by atoms with van der Waals surface area (Å²) < 4.78 is 4.63. The number of anilines is 1. The molecule has 0 saturated heterocycles. The van der Waals surface area contributed by atoms with Gasteiger partial charge in [0.1, 0.15) is 11.4 Å². The quantitative estimate of drug-likeness (QED) is 0.536. The zero-order valence-corrected chi connectivity index (χ0v) is 14.9. The Labute approximate surface area is 152 Å². The van der Waals surface area contributed by atoms with E-state index in [0.717, 1.165) is 32.2 Å². The van der Waals surface area contributed by atoms with Crippen molar-refractivity contribution in [2.75, 3.05) is 12.4 Å².